The SMILES string of the molecule is COc1ccc([C@H](N2CCNCC2)C(C)(C)C)cc1.Cl.Cl. The highest BCUT2D eigenvalue weighted by atomic mass is 35.5. The van der Waals surface area contributed by atoms with Gasteiger partial charge in [0.25, 0.3) is 0 Å². The predicted molar refractivity (Wildman–Crippen MR) is 94.1 cm³/mol. The van der Waals surface area contributed by atoms with Crippen molar-refractivity contribution < 1.29 is 4.74 Å². The van der Waals surface area contributed by atoms with Gasteiger partial charge in [-0.2, -0.15) is 0 Å². The van der Waals surface area contributed by atoms with E-state index >= 15 is 0 Å². The Hall–Kier alpha value is -0.480. The highest BCUT2D eigenvalue weighted by molar-refractivity contribution is 5.85. The molecule has 0 bridgehead atoms. The van der Waals surface area contributed by atoms with Gasteiger partial charge in [0, 0.05) is 32.2 Å². The van der Waals surface area contributed by atoms with Gasteiger partial charge in [-0.3, -0.25) is 4.90 Å². The maximum Gasteiger partial charge on any atom is 0.118 e. The summed E-state index contributed by atoms with van der Waals surface area (Å²) in [5, 5.41) is 3.43. The van der Waals surface area contributed by atoms with Crippen molar-refractivity contribution in [3.05, 3.63) is 29.8 Å². The lowest BCUT2D eigenvalue weighted by Gasteiger charge is -2.42. The van der Waals surface area contributed by atoms with Crippen molar-refractivity contribution in [2.75, 3.05) is 33.3 Å². The van der Waals surface area contributed by atoms with E-state index in [0.29, 0.717) is 6.04 Å². The fourth-order valence-electron chi connectivity index (χ4n) is 2.99. The van der Waals surface area contributed by atoms with Gasteiger partial charge in [-0.25, -0.2) is 0 Å². The number of benzene rings is 1. The zero-order valence-electron chi connectivity index (χ0n) is 13.4. The highest BCUT2D eigenvalue weighted by Crippen LogP contribution is 2.38. The Labute approximate surface area is 141 Å². The molecule has 1 aromatic rings. The summed E-state index contributed by atoms with van der Waals surface area (Å²) in [5.74, 6) is 0.928. The summed E-state index contributed by atoms with van der Waals surface area (Å²) >= 11 is 0. The molecule has 0 unspecified atom stereocenters. The molecule has 1 saturated heterocycles. The lowest BCUT2D eigenvalue weighted by molar-refractivity contribution is 0.0862. The molecule has 0 amide bonds. The third-order valence-electron chi connectivity index (χ3n) is 3.77. The molecule has 2 rings (SSSR count). The van der Waals surface area contributed by atoms with Crippen LogP contribution in [0.4, 0.5) is 0 Å². The molecule has 0 saturated carbocycles. The Bertz CT molecular complexity index is 398. The summed E-state index contributed by atoms with van der Waals surface area (Å²) in [5.41, 5.74) is 1.61. The summed E-state index contributed by atoms with van der Waals surface area (Å²) in [6, 6.07) is 9.00. The molecular weight excluding hydrogens is 307 g/mol. The number of methoxy groups -OCH3 is 1. The van der Waals surface area contributed by atoms with E-state index in [1.807, 2.05) is 0 Å². The molecule has 122 valence electrons. The molecule has 1 aromatic carbocycles. The summed E-state index contributed by atoms with van der Waals surface area (Å²) in [7, 11) is 1.71. The van der Waals surface area contributed by atoms with Gasteiger partial charge in [-0.1, -0.05) is 32.9 Å². The van der Waals surface area contributed by atoms with Crippen molar-refractivity contribution in [1.29, 1.82) is 0 Å². The Balaban J connectivity index is 0.00000200. The second kappa shape index (κ2) is 8.84. The lowest BCUT2D eigenvalue weighted by atomic mass is 9.81. The van der Waals surface area contributed by atoms with Crippen LogP contribution in [0, 0.1) is 5.41 Å². The van der Waals surface area contributed by atoms with Crippen LogP contribution < -0.4 is 10.1 Å². The molecule has 0 aliphatic carbocycles. The zero-order valence-corrected chi connectivity index (χ0v) is 15.0. The molecular formula is C16H28Cl2N2O. The third kappa shape index (κ3) is 5.33. The fourth-order valence-corrected chi connectivity index (χ4v) is 2.99. The number of nitrogens with one attached hydrogen (secondary N) is 1. The maximum absolute atomic E-state index is 5.26. The molecule has 1 atom stereocenters. The Morgan fingerprint density at radius 3 is 2.00 bits per heavy atom. The summed E-state index contributed by atoms with van der Waals surface area (Å²) in [6.07, 6.45) is 0. The first-order chi connectivity index (χ1) is 9.02. The van der Waals surface area contributed by atoms with E-state index in [0.717, 1.165) is 31.9 Å². The third-order valence-corrected chi connectivity index (χ3v) is 3.77. The van der Waals surface area contributed by atoms with Crippen molar-refractivity contribution in [2.24, 2.45) is 5.41 Å². The van der Waals surface area contributed by atoms with Crippen LogP contribution in [0.3, 0.4) is 0 Å². The molecule has 0 radical (unpaired) electrons. The average molecular weight is 335 g/mol. The molecule has 3 nitrogen and oxygen atoms in total. The van der Waals surface area contributed by atoms with Gasteiger partial charge >= 0.3 is 0 Å². The van der Waals surface area contributed by atoms with Crippen LogP contribution in [0.5, 0.6) is 5.75 Å². The number of nitrogens with zero attached hydrogens (tertiary/aromatic N) is 1. The minimum Gasteiger partial charge on any atom is -0.497 e. The first-order valence-corrected chi connectivity index (χ1v) is 7.11. The minimum absolute atomic E-state index is 0. The number of hydrogen-bond donors (Lipinski definition) is 1. The quantitative estimate of drug-likeness (QED) is 0.915. The second-order valence-electron chi connectivity index (χ2n) is 6.33. The first kappa shape index (κ1) is 20.5. The Morgan fingerprint density at radius 1 is 1.05 bits per heavy atom. The topological polar surface area (TPSA) is 24.5 Å². The van der Waals surface area contributed by atoms with E-state index in [1.165, 1.54) is 5.56 Å². The van der Waals surface area contributed by atoms with Crippen molar-refractivity contribution in [2.45, 2.75) is 26.8 Å². The Morgan fingerprint density at radius 2 is 1.57 bits per heavy atom. The number of ether oxygens (including phenoxy) is 1. The summed E-state index contributed by atoms with van der Waals surface area (Å²) in [6.45, 7) is 11.4. The van der Waals surface area contributed by atoms with Crippen LogP contribution in [0.2, 0.25) is 0 Å². The Kier molecular flexibility index (Phi) is 8.64. The zero-order chi connectivity index (χ0) is 13.9. The number of rotatable bonds is 3. The molecule has 0 aromatic heterocycles. The minimum atomic E-state index is 0. The van der Waals surface area contributed by atoms with E-state index in [1.54, 1.807) is 7.11 Å². The lowest BCUT2D eigenvalue weighted by Crippen LogP contribution is -2.48. The molecule has 1 aliphatic rings. The van der Waals surface area contributed by atoms with Crippen LogP contribution in [-0.4, -0.2) is 38.2 Å². The van der Waals surface area contributed by atoms with Gasteiger partial charge in [0.1, 0.15) is 5.75 Å². The van der Waals surface area contributed by atoms with Gasteiger partial charge in [-0.15, -0.1) is 24.8 Å². The normalized spacial score (nSPS) is 17.3. The van der Waals surface area contributed by atoms with Gasteiger partial charge in [0.15, 0.2) is 0 Å². The van der Waals surface area contributed by atoms with E-state index in [2.05, 4.69) is 55.3 Å². The van der Waals surface area contributed by atoms with E-state index in [-0.39, 0.29) is 30.2 Å². The predicted octanol–water partition coefficient (Wildman–Crippen LogP) is 3.53. The summed E-state index contributed by atoms with van der Waals surface area (Å²) < 4.78 is 5.26. The van der Waals surface area contributed by atoms with Gasteiger partial charge < -0.3 is 10.1 Å². The van der Waals surface area contributed by atoms with Crippen molar-refractivity contribution in [3.8, 4) is 5.75 Å². The van der Waals surface area contributed by atoms with Crippen LogP contribution in [-0.2, 0) is 0 Å². The van der Waals surface area contributed by atoms with Crippen LogP contribution in [0.15, 0.2) is 24.3 Å². The molecule has 0 spiro atoms. The number of piperazine rings is 1. The average Bonchev–Trinajstić information content (AvgIpc) is 2.39. The number of hydrogen-bond acceptors (Lipinski definition) is 3. The fraction of sp³-hybridized carbons (Fsp3) is 0.625. The largest absolute Gasteiger partial charge is 0.497 e. The standard InChI is InChI=1S/C16H26N2O.2ClH/c1-16(2,3)15(18-11-9-17-10-12-18)13-5-7-14(19-4)8-6-13;;/h5-8,15,17H,9-12H2,1-4H3;2*1H/t15-;;/m0../s1. The maximum atomic E-state index is 5.26. The molecule has 1 fully saturated rings. The van der Waals surface area contributed by atoms with Crippen molar-refractivity contribution >= 4 is 24.8 Å². The molecule has 1 heterocycles. The van der Waals surface area contributed by atoms with E-state index < -0.39 is 0 Å². The van der Waals surface area contributed by atoms with Crippen LogP contribution >= 0.6 is 24.8 Å². The van der Waals surface area contributed by atoms with Crippen molar-refractivity contribution in [1.82, 2.24) is 10.2 Å². The second-order valence-corrected chi connectivity index (χ2v) is 6.33. The van der Waals surface area contributed by atoms with Gasteiger partial charge in [-0.05, 0) is 23.1 Å². The van der Waals surface area contributed by atoms with Crippen LogP contribution in [0.1, 0.15) is 32.4 Å². The van der Waals surface area contributed by atoms with Crippen LogP contribution in [0.25, 0.3) is 0 Å². The van der Waals surface area contributed by atoms with Gasteiger partial charge in [0.2, 0.25) is 0 Å². The molecule has 5 heteroatoms. The monoisotopic (exact) mass is 334 g/mol. The molecule has 1 N–H and O–H groups in total. The van der Waals surface area contributed by atoms with Crippen molar-refractivity contribution in [3.63, 3.8) is 0 Å². The van der Waals surface area contributed by atoms with Gasteiger partial charge in [0.05, 0.1) is 7.11 Å². The molecule has 21 heavy (non-hydrogen) atoms. The number of halogens is 2. The summed E-state index contributed by atoms with van der Waals surface area (Å²) in [4.78, 5) is 2.60. The van der Waals surface area contributed by atoms with E-state index in [4.69, 9.17) is 4.74 Å². The molecule has 1 aliphatic heterocycles. The highest BCUT2D eigenvalue weighted by Gasteiger charge is 2.32. The smallest absolute Gasteiger partial charge is 0.118 e. The van der Waals surface area contributed by atoms with E-state index in [9.17, 15) is 0 Å². The first-order valence-electron chi connectivity index (χ1n) is 7.11.